The van der Waals surface area contributed by atoms with E-state index in [-0.39, 0.29) is 5.91 Å². The Kier molecular flexibility index (Phi) is 4.42. The number of benzene rings is 1. The van der Waals surface area contributed by atoms with Crippen molar-refractivity contribution in [2.24, 2.45) is 0 Å². The number of likely N-dealkylation sites (tertiary alicyclic amines) is 1. The maximum absolute atomic E-state index is 12.7. The molecule has 1 atom stereocenters. The van der Waals surface area contributed by atoms with E-state index >= 15 is 0 Å². The van der Waals surface area contributed by atoms with Gasteiger partial charge in [0, 0.05) is 34.4 Å². The molecule has 4 aromatic rings. The lowest BCUT2D eigenvalue weighted by Gasteiger charge is -2.22. The lowest BCUT2D eigenvalue weighted by atomic mass is 10.2. The molecule has 28 heavy (non-hydrogen) atoms. The molecule has 8 heteroatoms. The van der Waals surface area contributed by atoms with E-state index < -0.39 is 0 Å². The van der Waals surface area contributed by atoms with Crippen LogP contribution >= 0.6 is 11.3 Å². The van der Waals surface area contributed by atoms with Gasteiger partial charge in [-0.15, -0.1) is 11.3 Å². The summed E-state index contributed by atoms with van der Waals surface area (Å²) < 4.78 is 0. The van der Waals surface area contributed by atoms with Gasteiger partial charge in [0.2, 0.25) is 0 Å². The Balaban J connectivity index is 1.30. The number of fused-ring (bicyclic) bond motifs is 1. The highest BCUT2D eigenvalue weighted by molar-refractivity contribution is 7.14. The largest absolute Gasteiger partial charge is 0.348 e. The second-order valence-electron chi connectivity index (χ2n) is 6.99. The molecule has 1 saturated heterocycles. The van der Waals surface area contributed by atoms with Crippen LogP contribution in [0, 0.1) is 0 Å². The normalized spacial score (nSPS) is 17.4. The predicted molar refractivity (Wildman–Crippen MR) is 109 cm³/mol. The van der Waals surface area contributed by atoms with Gasteiger partial charge in [0.05, 0.1) is 23.1 Å². The minimum absolute atomic E-state index is 0.0744. The topological polar surface area (TPSA) is 89.7 Å². The van der Waals surface area contributed by atoms with Crippen molar-refractivity contribution in [2.75, 3.05) is 11.9 Å². The zero-order chi connectivity index (χ0) is 18.9. The molecule has 3 N–H and O–H groups in total. The SMILES string of the molecule is O=C(Nc1ccc2[nH]ncc2c1)c1ccc(C2CCCN2Cc2ncc[nH]2)s1. The molecule has 0 bridgehead atoms. The maximum atomic E-state index is 12.7. The molecule has 5 rings (SSSR count). The van der Waals surface area contributed by atoms with Crippen molar-refractivity contribution in [3.8, 4) is 0 Å². The van der Waals surface area contributed by atoms with Gasteiger partial charge in [-0.1, -0.05) is 0 Å². The van der Waals surface area contributed by atoms with Gasteiger partial charge in [0.25, 0.3) is 5.91 Å². The summed E-state index contributed by atoms with van der Waals surface area (Å²) in [6.07, 6.45) is 7.67. The third-order valence-electron chi connectivity index (χ3n) is 5.15. The highest BCUT2D eigenvalue weighted by Crippen LogP contribution is 2.36. The number of thiophene rings is 1. The van der Waals surface area contributed by atoms with E-state index in [1.54, 1.807) is 23.7 Å². The van der Waals surface area contributed by atoms with Crippen molar-refractivity contribution >= 4 is 33.8 Å². The number of anilines is 1. The molecular weight excluding hydrogens is 372 g/mol. The number of aromatic amines is 2. The first kappa shape index (κ1) is 17.2. The zero-order valence-corrected chi connectivity index (χ0v) is 16.0. The molecule has 1 unspecified atom stereocenters. The van der Waals surface area contributed by atoms with Crippen LogP contribution in [-0.4, -0.2) is 37.5 Å². The standard InChI is InChI=1S/C20H20N6OS/c27-20(24-14-3-4-15-13(10-14)11-23-25-15)18-6-5-17(28-18)16-2-1-9-26(16)12-19-21-7-8-22-19/h3-8,10-11,16H,1-2,9,12H2,(H,21,22)(H,23,25)(H,24,27). The third kappa shape index (κ3) is 3.32. The second kappa shape index (κ2) is 7.21. The number of H-pyrrole nitrogens is 2. The molecule has 0 saturated carbocycles. The van der Waals surface area contributed by atoms with Gasteiger partial charge in [-0.25, -0.2) is 4.98 Å². The number of imidazole rings is 1. The number of hydrogen-bond donors (Lipinski definition) is 3. The Morgan fingerprint density at radius 1 is 1.32 bits per heavy atom. The lowest BCUT2D eigenvalue weighted by Crippen LogP contribution is -2.22. The summed E-state index contributed by atoms with van der Waals surface area (Å²) in [7, 11) is 0. The fourth-order valence-corrected chi connectivity index (χ4v) is 4.85. The summed E-state index contributed by atoms with van der Waals surface area (Å²) in [4.78, 5) is 24.6. The Morgan fingerprint density at radius 2 is 2.29 bits per heavy atom. The van der Waals surface area contributed by atoms with Gasteiger partial charge < -0.3 is 10.3 Å². The number of nitrogens with zero attached hydrogens (tertiary/aromatic N) is 3. The van der Waals surface area contributed by atoms with Crippen LogP contribution in [-0.2, 0) is 6.54 Å². The van der Waals surface area contributed by atoms with Crippen LogP contribution in [0.15, 0.2) is 48.9 Å². The Bertz CT molecular complexity index is 1100. The van der Waals surface area contributed by atoms with Gasteiger partial charge in [0.15, 0.2) is 0 Å². The molecule has 1 aliphatic heterocycles. The minimum atomic E-state index is -0.0744. The average Bonchev–Trinajstić information content (AvgIpc) is 3.48. The molecule has 0 spiro atoms. The van der Waals surface area contributed by atoms with Gasteiger partial charge >= 0.3 is 0 Å². The van der Waals surface area contributed by atoms with Crippen LogP contribution in [0.4, 0.5) is 5.69 Å². The number of carbonyl (C=O) groups is 1. The molecule has 0 radical (unpaired) electrons. The van der Waals surface area contributed by atoms with Gasteiger partial charge in [-0.05, 0) is 49.7 Å². The van der Waals surface area contributed by atoms with Crippen molar-refractivity contribution in [1.29, 1.82) is 0 Å². The van der Waals surface area contributed by atoms with E-state index in [1.165, 1.54) is 4.88 Å². The lowest BCUT2D eigenvalue weighted by molar-refractivity contribution is 0.103. The number of nitrogens with one attached hydrogen (secondary N) is 3. The van der Waals surface area contributed by atoms with Gasteiger partial charge in [0.1, 0.15) is 5.82 Å². The predicted octanol–water partition coefficient (Wildman–Crippen LogP) is 3.94. The van der Waals surface area contributed by atoms with Crippen molar-refractivity contribution in [2.45, 2.75) is 25.4 Å². The molecule has 1 aromatic carbocycles. The summed E-state index contributed by atoms with van der Waals surface area (Å²) in [5.74, 6) is 0.908. The summed E-state index contributed by atoms with van der Waals surface area (Å²) in [5, 5.41) is 10.9. The first-order valence-corrected chi connectivity index (χ1v) is 10.1. The Hall–Kier alpha value is -2.97. The maximum Gasteiger partial charge on any atom is 0.265 e. The molecule has 0 aliphatic carbocycles. The van der Waals surface area contributed by atoms with Crippen molar-refractivity contribution in [1.82, 2.24) is 25.1 Å². The summed E-state index contributed by atoms with van der Waals surface area (Å²) in [5.41, 5.74) is 1.73. The van der Waals surface area contributed by atoms with Crippen LogP contribution in [0.5, 0.6) is 0 Å². The van der Waals surface area contributed by atoms with Crippen LogP contribution < -0.4 is 5.32 Å². The van der Waals surface area contributed by atoms with E-state index in [2.05, 4.69) is 36.4 Å². The van der Waals surface area contributed by atoms with E-state index in [0.29, 0.717) is 6.04 Å². The van der Waals surface area contributed by atoms with Crippen LogP contribution in [0.1, 0.15) is 39.3 Å². The number of aromatic nitrogens is 4. The fraction of sp³-hybridized carbons (Fsp3) is 0.250. The van der Waals surface area contributed by atoms with Crippen LogP contribution in [0.2, 0.25) is 0 Å². The fourth-order valence-electron chi connectivity index (χ4n) is 3.78. The van der Waals surface area contributed by atoms with Crippen molar-refractivity contribution < 1.29 is 4.79 Å². The van der Waals surface area contributed by atoms with Gasteiger partial charge in [-0.2, -0.15) is 5.10 Å². The molecule has 1 aliphatic rings. The first-order chi connectivity index (χ1) is 13.8. The van der Waals surface area contributed by atoms with Crippen molar-refractivity contribution in [3.05, 3.63) is 64.5 Å². The highest BCUT2D eigenvalue weighted by atomic mass is 32.1. The van der Waals surface area contributed by atoms with Crippen LogP contribution in [0.3, 0.4) is 0 Å². The Morgan fingerprint density at radius 3 is 3.18 bits per heavy atom. The molecule has 3 aromatic heterocycles. The molecule has 1 amide bonds. The molecule has 142 valence electrons. The average molecular weight is 392 g/mol. The molecule has 1 fully saturated rings. The van der Waals surface area contributed by atoms with E-state index in [9.17, 15) is 4.79 Å². The second-order valence-corrected chi connectivity index (χ2v) is 8.11. The molecular formula is C20H20N6OS. The monoisotopic (exact) mass is 392 g/mol. The smallest absolute Gasteiger partial charge is 0.265 e. The Labute approximate surface area is 165 Å². The number of hydrogen-bond acceptors (Lipinski definition) is 5. The summed E-state index contributed by atoms with van der Waals surface area (Å²) in [6, 6.07) is 10.1. The summed E-state index contributed by atoms with van der Waals surface area (Å²) in [6.45, 7) is 1.86. The number of rotatable bonds is 5. The van der Waals surface area contributed by atoms with Gasteiger partial charge in [-0.3, -0.25) is 14.8 Å². The molecule has 4 heterocycles. The molecule has 7 nitrogen and oxygen atoms in total. The quantitative estimate of drug-likeness (QED) is 0.480. The highest BCUT2D eigenvalue weighted by Gasteiger charge is 2.28. The number of carbonyl (C=O) groups excluding carboxylic acids is 1. The van der Waals surface area contributed by atoms with Crippen molar-refractivity contribution in [3.63, 3.8) is 0 Å². The first-order valence-electron chi connectivity index (χ1n) is 9.33. The van der Waals surface area contributed by atoms with Crippen LogP contribution in [0.25, 0.3) is 10.9 Å². The van der Waals surface area contributed by atoms with E-state index in [4.69, 9.17) is 0 Å². The number of amides is 1. The zero-order valence-electron chi connectivity index (χ0n) is 15.2. The van der Waals surface area contributed by atoms with E-state index in [1.807, 2.05) is 30.5 Å². The third-order valence-corrected chi connectivity index (χ3v) is 6.33. The summed E-state index contributed by atoms with van der Waals surface area (Å²) >= 11 is 1.58. The minimum Gasteiger partial charge on any atom is -0.348 e. The van der Waals surface area contributed by atoms with E-state index in [0.717, 1.165) is 53.2 Å².